The topological polar surface area (TPSA) is 49.4 Å². The highest BCUT2D eigenvalue weighted by atomic mass is 35.5. The summed E-state index contributed by atoms with van der Waals surface area (Å²) in [7, 11) is 0. The number of aryl methyl sites for hydroxylation is 1. The predicted octanol–water partition coefficient (Wildman–Crippen LogP) is 5.83. The Morgan fingerprint density at radius 1 is 0.882 bits per heavy atom. The molecule has 4 nitrogen and oxygen atoms in total. The van der Waals surface area contributed by atoms with Crippen LogP contribution in [0.2, 0.25) is 5.02 Å². The van der Waals surface area contributed by atoms with Crippen molar-refractivity contribution in [1.29, 1.82) is 0 Å². The van der Waals surface area contributed by atoms with Crippen LogP contribution in [0, 0.1) is 0 Å². The van der Waals surface area contributed by atoms with E-state index < -0.39 is 6.04 Å². The summed E-state index contributed by atoms with van der Waals surface area (Å²) in [5.74, 6) is -0.183. The quantitative estimate of drug-likeness (QED) is 0.378. The minimum Gasteiger partial charge on any atom is -0.352 e. The molecular weight excluding hydrogens is 444 g/mol. The van der Waals surface area contributed by atoms with Crippen molar-refractivity contribution in [3.05, 3.63) is 107 Å². The molecule has 0 aliphatic carbocycles. The number of nitrogens with zero attached hydrogens (tertiary/aromatic N) is 1. The Kier molecular flexibility index (Phi) is 9.72. The Bertz CT molecular complexity index is 1060. The van der Waals surface area contributed by atoms with E-state index in [9.17, 15) is 9.59 Å². The zero-order chi connectivity index (χ0) is 24.3. The zero-order valence-corrected chi connectivity index (χ0v) is 20.7. The largest absolute Gasteiger partial charge is 0.352 e. The Hall–Kier alpha value is -3.11. The fourth-order valence-electron chi connectivity index (χ4n) is 3.87. The maximum absolute atomic E-state index is 13.6. The van der Waals surface area contributed by atoms with Gasteiger partial charge in [0.2, 0.25) is 11.8 Å². The highest BCUT2D eigenvalue weighted by Crippen LogP contribution is 2.19. The van der Waals surface area contributed by atoms with Gasteiger partial charge in [-0.3, -0.25) is 9.59 Å². The Morgan fingerprint density at radius 2 is 1.50 bits per heavy atom. The number of hydrogen-bond donors (Lipinski definition) is 1. The van der Waals surface area contributed by atoms with E-state index in [1.54, 1.807) is 4.90 Å². The first-order valence-electron chi connectivity index (χ1n) is 11.9. The summed E-state index contributed by atoms with van der Waals surface area (Å²) in [6, 6.07) is 26.7. The number of halogens is 1. The number of carbonyl (C=O) groups excluding carboxylic acids is 2. The average Bonchev–Trinajstić information content (AvgIpc) is 2.85. The van der Waals surface area contributed by atoms with Gasteiger partial charge in [0.15, 0.2) is 0 Å². The molecule has 0 aliphatic heterocycles. The van der Waals surface area contributed by atoms with Crippen LogP contribution in [0.4, 0.5) is 0 Å². The number of hydrogen-bond acceptors (Lipinski definition) is 2. The number of rotatable bonds is 11. The van der Waals surface area contributed by atoms with E-state index in [4.69, 9.17) is 11.6 Å². The molecule has 3 rings (SSSR count). The summed E-state index contributed by atoms with van der Waals surface area (Å²) in [6.45, 7) is 4.33. The predicted molar refractivity (Wildman–Crippen MR) is 139 cm³/mol. The molecule has 2 amide bonds. The van der Waals surface area contributed by atoms with Gasteiger partial charge in [-0.15, -0.1) is 0 Å². The lowest BCUT2D eigenvalue weighted by Crippen LogP contribution is -2.52. The first-order valence-corrected chi connectivity index (χ1v) is 12.3. The first-order chi connectivity index (χ1) is 16.5. The maximum atomic E-state index is 13.6. The highest BCUT2D eigenvalue weighted by molar-refractivity contribution is 6.30. The van der Waals surface area contributed by atoms with E-state index in [-0.39, 0.29) is 17.9 Å². The Labute approximate surface area is 207 Å². The molecule has 1 N–H and O–H groups in total. The Balaban J connectivity index is 1.91. The monoisotopic (exact) mass is 476 g/mol. The molecule has 0 saturated heterocycles. The summed E-state index contributed by atoms with van der Waals surface area (Å²) in [5.41, 5.74) is 3.01. The van der Waals surface area contributed by atoms with E-state index in [0.29, 0.717) is 30.8 Å². The van der Waals surface area contributed by atoms with Gasteiger partial charge in [-0.2, -0.15) is 0 Å². The standard InChI is InChI=1S/C29H33ClN2O2/c1-3-22(2)31-29(34)27(20-24-13-8-5-9-14-24)32(21-25-15-10-16-26(30)19-25)28(33)18-17-23-11-6-4-7-12-23/h4-16,19,22,27H,3,17-18,20-21H2,1-2H3,(H,31,34). The van der Waals surface area contributed by atoms with E-state index >= 15 is 0 Å². The molecule has 3 aromatic carbocycles. The zero-order valence-electron chi connectivity index (χ0n) is 19.9. The van der Waals surface area contributed by atoms with Crippen LogP contribution < -0.4 is 5.32 Å². The van der Waals surface area contributed by atoms with Crippen molar-refractivity contribution in [2.24, 2.45) is 0 Å². The summed E-state index contributed by atoms with van der Waals surface area (Å²) in [6.07, 6.45) is 2.21. The maximum Gasteiger partial charge on any atom is 0.243 e. The molecule has 34 heavy (non-hydrogen) atoms. The van der Waals surface area contributed by atoms with Crippen LogP contribution in [-0.2, 0) is 29.0 Å². The third-order valence-corrected chi connectivity index (χ3v) is 6.22. The van der Waals surface area contributed by atoms with E-state index in [0.717, 1.165) is 23.1 Å². The van der Waals surface area contributed by atoms with Crippen LogP contribution in [0.5, 0.6) is 0 Å². The fraction of sp³-hybridized carbons (Fsp3) is 0.310. The van der Waals surface area contributed by atoms with Gasteiger partial charge in [-0.05, 0) is 48.6 Å². The van der Waals surface area contributed by atoms with Crippen LogP contribution in [-0.4, -0.2) is 28.8 Å². The molecular formula is C29H33ClN2O2. The molecule has 2 unspecified atom stereocenters. The molecule has 0 radical (unpaired) electrons. The number of amides is 2. The first kappa shape index (κ1) is 25.5. The minimum atomic E-state index is -0.626. The van der Waals surface area contributed by atoms with Crippen LogP contribution >= 0.6 is 11.6 Å². The van der Waals surface area contributed by atoms with Crippen LogP contribution in [0.3, 0.4) is 0 Å². The number of carbonyl (C=O) groups is 2. The van der Waals surface area contributed by atoms with Gasteiger partial charge in [0, 0.05) is 30.5 Å². The molecule has 0 aromatic heterocycles. The van der Waals surface area contributed by atoms with Crippen LogP contribution in [0.15, 0.2) is 84.9 Å². The normalized spacial score (nSPS) is 12.6. The van der Waals surface area contributed by atoms with Crippen molar-refractivity contribution in [2.45, 2.75) is 58.2 Å². The van der Waals surface area contributed by atoms with Gasteiger partial charge in [-0.1, -0.05) is 91.3 Å². The second-order valence-electron chi connectivity index (χ2n) is 8.66. The number of nitrogens with one attached hydrogen (secondary N) is 1. The van der Waals surface area contributed by atoms with Crippen LogP contribution in [0.1, 0.15) is 43.4 Å². The van der Waals surface area contributed by atoms with Gasteiger partial charge in [0.1, 0.15) is 6.04 Å². The third-order valence-electron chi connectivity index (χ3n) is 5.98. The molecule has 0 spiro atoms. The number of benzene rings is 3. The molecule has 0 fully saturated rings. The molecule has 5 heteroatoms. The fourth-order valence-corrected chi connectivity index (χ4v) is 4.08. The van der Waals surface area contributed by atoms with E-state index in [2.05, 4.69) is 5.32 Å². The summed E-state index contributed by atoms with van der Waals surface area (Å²) in [4.78, 5) is 28.8. The third kappa shape index (κ3) is 7.74. The van der Waals surface area contributed by atoms with Gasteiger partial charge in [0.25, 0.3) is 0 Å². The van der Waals surface area contributed by atoms with Gasteiger partial charge in [0.05, 0.1) is 0 Å². The molecule has 0 aliphatic rings. The molecule has 0 saturated carbocycles. The lowest BCUT2D eigenvalue weighted by Gasteiger charge is -2.32. The Morgan fingerprint density at radius 3 is 2.12 bits per heavy atom. The van der Waals surface area contributed by atoms with Crippen molar-refractivity contribution in [3.8, 4) is 0 Å². The van der Waals surface area contributed by atoms with E-state index in [1.165, 1.54) is 0 Å². The molecule has 178 valence electrons. The van der Waals surface area contributed by atoms with E-state index in [1.807, 2.05) is 98.8 Å². The second kappa shape index (κ2) is 13.0. The van der Waals surface area contributed by atoms with Gasteiger partial charge in [-0.25, -0.2) is 0 Å². The van der Waals surface area contributed by atoms with Crippen molar-refractivity contribution in [2.75, 3.05) is 0 Å². The highest BCUT2D eigenvalue weighted by Gasteiger charge is 2.30. The summed E-state index contributed by atoms with van der Waals surface area (Å²) in [5, 5.41) is 3.71. The summed E-state index contributed by atoms with van der Waals surface area (Å²) >= 11 is 6.23. The van der Waals surface area contributed by atoms with Gasteiger partial charge < -0.3 is 10.2 Å². The van der Waals surface area contributed by atoms with Crippen molar-refractivity contribution < 1.29 is 9.59 Å². The molecule has 0 bridgehead atoms. The smallest absolute Gasteiger partial charge is 0.243 e. The SMILES string of the molecule is CCC(C)NC(=O)C(Cc1ccccc1)N(Cc1cccc(Cl)c1)C(=O)CCc1ccccc1. The molecule has 3 aromatic rings. The lowest BCUT2D eigenvalue weighted by molar-refractivity contribution is -0.141. The van der Waals surface area contributed by atoms with Crippen LogP contribution in [0.25, 0.3) is 0 Å². The van der Waals surface area contributed by atoms with Gasteiger partial charge >= 0.3 is 0 Å². The molecule has 2 atom stereocenters. The average molecular weight is 477 g/mol. The minimum absolute atomic E-state index is 0.0261. The van der Waals surface area contributed by atoms with Crippen molar-refractivity contribution in [3.63, 3.8) is 0 Å². The van der Waals surface area contributed by atoms with Crippen molar-refractivity contribution >= 4 is 23.4 Å². The lowest BCUT2D eigenvalue weighted by atomic mass is 10.0. The summed E-state index contributed by atoms with van der Waals surface area (Å²) < 4.78 is 0. The van der Waals surface area contributed by atoms with Crippen molar-refractivity contribution in [1.82, 2.24) is 10.2 Å². The second-order valence-corrected chi connectivity index (χ2v) is 9.10. The molecule has 0 heterocycles.